The first-order valence-corrected chi connectivity index (χ1v) is 7.91. The zero-order valence-corrected chi connectivity index (χ0v) is 20.4. The first-order valence-electron chi connectivity index (χ1n) is 7.91. The molecule has 0 aliphatic heterocycles. The van der Waals surface area contributed by atoms with Gasteiger partial charge in [-0.05, 0) is 0 Å². The molecule has 0 N–H and O–H groups in total. The van der Waals surface area contributed by atoms with Crippen LogP contribution < -0.4 is 5.11 Å². The van der Waals surface area contributed by atoms with Crippen molar-refractivity contribution >= 4 is 0 Å². The molecule has 1 nitrogen and oxygen atoms in total. The average molecular weight is 408 g/mol. The molecule has 2 rings (SSSR count). The third-order valence-electron chi connectivity index (χ3n) is 5.12. The Labute approximate surface area is 171 Å². The van der Waals surface area contributed by atoms with E-state index in [0.717, 1.165) is 7.11 Å². The van der Waals surface area contributed by atoms with Crippen LogP contribution in [-0.4, -0.2) is 7.11 Å². The van der Waals surface area contributed by atoms with Gasteiger partial charge in [-0.15, -0.1) is 13.8 Å². The molecule has 134 valence electrons. The number of hydrogen-bond acceptors (Lipinski definition) is 1. The molecule has 0 saturated heterocycles. The second-order valence-electron chi connectivity index (χ2n) is 7.25. The van der Waals surface area contributed by atoms with Gasteiger partial charge in [-0.2, -0.15) is 29.4 Å². The molecule has 0 saturated carbocycles. The van der Waals surface area contributed by atoms with Crippen LogP contribution in [-0.2, 0) is 26.2 Å². The quantitative estimate of drug-likeness (QED) is 0.476. The van der Waals surface area contributed by atoms with Crippen LogP contribution in [0.2, 0.25) is 0 Å². The van der Waals surface area contributed by atoms with Crippen LogP contribution in [0.1, 0.15) is 69.2 Å². The molecule has 0 radical (unpaired) electrons. The SMILES string of the molecule is CC1=[C-]C(C)(C)C(C)=C1C.CC1=[C-]C(C)(C)C(C)=C1C.C[O-].[CH3-].[Zr+4]. The van der Waals surface area contributed by atoms with E-state index < -0.39 is 0 Å². The van der Waals surface area contributed by atoms with Crippen molar-refractivity contribution in [1.82, 2.24) is 0 Å². The molecule has 0 aromatic carbocycles. The Bertz CT molecular complexity index is 490. The van der Waals surface area contributed by atoms with Crippen molar-refractivity contribution in [2.24, 2.45) is 10.8 Å². The van der Waals surface area contributed by atoms with Crippen molar-refractivity contribution in [3.05, 3.63) is 53.0 Å². The maximum atomic E-state index is 8.25. The van der Waals surface area contributed by atoms with Gasteiger partial charge in [0.15, 0.2) is 0 Å². The van der Waals surface area contributed by atoms with E-state index in [0.29, 0.717) is 0 Å². The predicted octanol–water partition coefficient (Wildman–Crippen LogP) is 5.65. The van der Waals surface area contributed by atoms with E-state index in [4.69, 9.17) is 5.11 Å². The maximum Gasteiger partial charge on any atom is 4.00 e. The molecule has 0 amide bonds. The van der Waals surface area contributed by atoms with E-state index in [1.54, 1.807) is 0 Å². The standard InChI is InChI=1S/2C10H15.CH3O.CH3.Zr/c2*1-7-6-10(4,5)9(3)8(7)2;1-2;;/h2*1-5H3;1H3;1H3;/q4*-1;+4. The van der Waals surface area contributed by atoms with Gasteiger partial charge in [0, 0.05) is 0 Å². The van der Waals surface area contributed by atoms with Crippen LogP contribution in [0.25, 0.3) is 0 Å². The molecule has 2 aliphatic rings. The molecular weight excluding hydrogens is 371 g/mol. The minimum absolute atomic E-state index is 0. The van der Waals surface area contributed by atoms with Gasteiger partial charge in [-0.1, -0.05) is 66.2 Å². The smallest absolute Gasteiger partial charge is 0.857 e. The molecule has 24 heavy (non-hydrogen) atoms. The van der Waals surface area contributed by atoms with Crippen LogP contribution in [0.5, 0.6) is 0 Å². The minimum Gasteiger partial charge on any atom is -0.857 e. The monoisotopic (exact) mass is 406 g/mol. The number of hydrogen-bond donors (Lipinski definition) is 0. The Hall–Kier alpha value is -0.197. The molecular formula is C22H36OZr. The molecule has 0 aromatic heterocycles. The van der Waals surface area contributed by atoms with Gasteiger partial charge in [-0.25, -0.2) is 11.1 Å². The Morgan fingerprint density at radius 3 is 0.875 bits per heavy atom. The average Bonchev–Trinajstić information content (AvgIpc) is 2.72. The molecule has 0 spiro atoms. The third-order valence-corrected chi connectivity index (χ3v) is 5.12. The summed E-state index contributed by atoms with van der Waals surface area (Å²) in [5, 5.41) is 8.25. The maximum absolute atomic E-state index is 8.25. The summed E-state index contributed by atoms with van der Waals surface area (Å²) in [4.78, 5) is 0. The second-order valence-corrected chi connectivity index (χ2v) is 7.25. The van der Waals surface area contributed by atoms with Gasteiger partial charge >= 0.3 is 26.2 Å². The first kappa shape index (κ1) is 28.6. The summed E-state index contributed by atoms with van der Waals surface area (Å²) in [5.41, 5.74) is 8.79. The van der Waals surface area contributed by atoms with E-state index in [2.05, 4.69) is 81.4 Å². The van der Waals surface area contributed by atoms with Crippen LogP contribution in [0, 0.1) is 30.4 Å². The van der Waals surface area contributed by atoms with Gasteiger partial charge in [0.1, 0.15) is 0 Å². The van der Waals surface area contributed by atoms with Crippen molar-refractivity contribution in [2.75, 3.05) is 7.11 Å². The van der Waals surface area contributed by atoms with E-state index in [9.17, 15) is 0 Å². The van der Waals surface area contributed by atoms with E-state index >= 15 is 0 Å². The molecule has 0 aromatic rings. The van der Waals surface area contributed by atoms with Gasteiger partial charge in [-0.3, -0.25) is 12.2 Å². The molecule has 0 bridgehead atoms. The zero-order valence-electron chi connectivity index (χ0n) is 17.9. The van der Waals surface area contributed by atoms with Crippen molar-refractivity contribution in [3.63, 3.8) is 0 Å². The van der Waals surface area contributed by atoms with Gasteiger partial charge in [0.25, 0.3) is 0 Å². The van der Waals surface area contributed by atoms with E-state index in [1.807, 2.05) is 0 Å². The summed E-state index contributed by atoms with van der Waals surface area (Å²) in [7, 11) is 0.750. The Kier molecular flexibility index (Phi) is 12.8. The van der Waals surface area contributed by atoms with Gasteiger partial charge in [0.2, 0.25) is 0 Å². The fourth-order valence-corrected chi connectivity index (χ4v) is 2.81. The fraction of sp³-hybridized carbons (Fsp3) is 0.591. The van der Waals surface area contributed by atoms with Crippen molar-refractivity contribution in [1.29, 1.82) is 0 Å². The fourth-order valence-electron chi connectivity index (χ4n) is 2.81. The normalized spacial score (nSPS) is 19.8. The minimum atomic E-state index is 0. The summed E-state index contributed by atoms with van der Waals surface area (Å²) < 4.78 is 0. The summed E-state index contributed by atoms with van der Waals surface area (Å²) in [5.74, 6) is 0. The predicted molar refractivity (Wildman–Crippen MR) is 102 cm³/mol. The number of allylic oxidation sites excluding steroid dienone is 8. The summed E-state index contributed by atoms with van der Waals surface area (Å²) in [6, 6.07) is 0. The van der Waals surface area contributed by atoms with Crippen LogP contribution in [0.3, 0.4) is 0 Å². The van der Waals surface area contributed by atoms with Crippen LogP contribution in [0.15, 0.2) is 33.4 Å². The first-order chi connectivity index (χ1) is 9.90. The van der Waals surface area contributed by atoms with Crippen molar-refractivity contribution in [3.8, 4) is 0 Å². The zero-order chi connectivity index (χ0) is 17.9. The summed E-state index contributed by atoms with van der Waals surface area (Å²) in [6.07, 6.45) is 6.87. The number of rotatable bonds is 0. The summed E-state index contributed by atoms with van der Waals surface area (Å²) >= 11 is 0. The molecule has 2 aliphatic carbocycles. The van der Waals surface area contributed by atoms with Crippen molar-refractivity contribution in [2.45, 2.75) is 69.2 Å². The van der Waals surface area contributed by atoms with Crippen LogP contribution >= 0.6 is 0 Å². The topological polar surface area (TPSA) is 23.1 Å². The molecule has 0 fully saturated rings. The third kappa shape index (κ3) is 6.60. The second kappa shape index (κ2) is 10.7. The van der Waals surface area contributed by atoms with E-state index in [-0.39, 0.29) is 44.5 Å². The van der Waals surface area contributed by atoms with Gasteiger partial charge in [0.05, 0.1) is 0 Å². The van der Waals surface area contributed by atoms with Crippen LogP contribution in [0.4, 0.5) is 0 Å². The largest absolute Gasteiger partial charge is 4.00 e. The summed E-state index contributed by atoms with van der Waals surface area (Å²) in [6.45, 7) is 21.8. The molecule has 2 heteroatoms. The molecule has 0 atom stereocenters. The van der Waals surface area contributed by atoms with E-state index in [1.165, 1.54) is 33.4 Å². The molecule has 0 heterocycles. The molecule has 0 unspecified atom stereocenters. The van der Waals surface area contributed by atoms with Gasteiger partial charge < -0.3 is 12.5 Å². The Balaban J connectivity index is -0.000000310. The Morgan fingerprint density at radius 2 is 0.833 bits per heavy atom. The van der Waals surface area contributed by atoms with Crippen molar-refractivity contribution < 1.29 is 31.3 Å². The Morgan fingerprint density at radius 1 is 0.625 bits per heavy atom.